The predicted molar refractivity (Wildman–Crippen MR) is 80.4 cm³/mol. The molecule has 7 nitrogen and oxygen atoms in total. The van der Waals surface area contributed by atoms with Crippen LogP contribution >= 0.6 is 0 Å². The molecule has 22 heavy (non-hydrogen) atoms. The molecule has 114 valence electrons. The molecule has 2 aromatic rings. The first-order valence-corrected chi connectivity index (χ1v) is 6.59. The van der Waals surface area contributed by atoms with Crippen LogP contribution in [0.15, 0.2) is 42.5 Å². The number of nitro benzene ring substituents is 2. The molecule has 0 amide bonds. The molecule has 0 atom stereocenters. The fourth-order valence-electron chi connectivity index (χ4n) is 1.96. The number of hydrogen-bond donors (Lipinski definition) is 0. The van der Waals surface area contributed by atoms with E-state index in [9.17, 15) is 20.2 Å². The highest BCUT2D eigenvalue weighted by molar-refractivity contribution is 5.47. The minimum absolute atomic E-state index is 0.000232. The van der Waals surface area contributed by atoms with Crippen molar-refractivity contribution in [3.05, 3.63) is 68.3 Å². The van der Waals surface area contributed by atoms with Crippen molar-refractivity contribution in [1.82, 2.24) is 0 Å². The van der Waals surface area contributed by atoms with Gasteiger partial charge in [-0.25, -0.2) is 0 Å². The zero-order valence-electron chi connectivity index (χ0n) is 12.1. The Hall–Kier alpha value is -2.96. The van der Waals surface area contributed by atoms with Crippen molar-refractivity contribution in [3.8, 4) is 11.5 Å². The van der Waals surface area contributed by atoms with Gasteiger partial charge in [-0.3, -0.25) is 20.2 Å². The van der Waals surface area contributed by atoms with Gasteiger partial charge in [0.2, 0.25) is 0 Å². The summed E-state index contributed by atoms with van der Waals surface area (Å²) in [5.74, 6) is 0.962. The van der Waals surface area contributed by atoms with Crippen LogP contribution in [-0.4, -0.2) is 9.85 Å². The first-order valence-electron chi connectivity index (χ1n) is 6.59. The van der Waals surface area contributed by atoms with E-state index in [2.05, 4.69) is 0 Å². The summed E-state index contributed by atoms with van der Waals surface area (Å²) in [7, 11) is 0. The van der Waals surface area contributed by atoms with Gasteiger partial charge in [0.1, 0.15) is 11.5 Å². The van der Waals surface area contributed by atoms with Gasteiger partial charge in [-0.1, -0.05) is 13.8 Å². The van der Waals surface area contributed by atoms with Crippen LogP contribution in [0.25, 0.3) is 0 Å². The lowest BCUT2D eigenvalue weighted by atomic mass is 10.0. The summed E-state index contributed by atoms with van der Waals surface area (Å²) >= 11 is 0. The molecule has 0 N–H and O–H groups in total. The highest BCUT2D eigenvalue weighted by Gasteiger charge is 2.15. The maximum absolute atomic E-state index is 10.8. The lowest BCUT2D eigenvalue weighted by Gasteiger charge is -2.13. The molecular weight excluding hydrogens is 288 g/mol. The quantitative estimate of drug-likeness (QED) is 0.601. The molecule has 7 heteroatoms. The number of non-ortho nitro benzene ring substituents is 2. The van der Waals surface area contributed by atoms with Crippen molar-refractivity contribution in [1.29, 1.82) is 0 Å². The second-order valence-corrected chi connectivity index (χ2v) is 4.99. The third-order valence-electron chi connectivity index (χ3n) is 3.10. The normalized spacial score (nSPS) is 10.5. The average Bonchev–Trinajstić information content (AvgIpc) is 2.47. The van der Waals surface area contributed by atoms with Crippen LogP contribution in [0.1, 0.15) is 25.3 Å². The van der Waals surface area contributed by atoms with Crippen LogP contribution in [0.2, 0.25) is 0 Å². The van der Waals surface area contributed by atoms with E-state index in [-0.39, 0.29) is 17.3 Å². The van der Waals surface area contributed by atoms with E-state index >= 15 is 0 Å². The number of nitrogens with zero attached hydrogens (tertiary/aromatic N) is 2. The van der Waals surface area contributed by atoms with E-state index in [1.54, 1.807) is 0 Å². The number of benzene rings is 2. The molecule has 0 aliphatic heterocycles. The Morgan fingerprint density at radius 1 is 0.909 bits per heavy atom. The molecule has 0 saturated heterocycles. The van der Waals surface area contributed by atoms with Crippen molar-refractivity contribution in [2.45, 2.75) is 19.8 Å². The van der Waals surface area contributed by atoms with Crippen molar-refractivity contribution in [3.63, 3.8) is 0 Å². The standard InChI is InChI=1S/C15H14N2O5/c1-10(2)14-9-12(17(20)21)5-8-15(14)22-13-6-3-11(4-7-13)16(18)19/h3-10H,1-2H3. The number of hydrogen-bond acceptors (Lipinski definition) is 5. The van der Waals surface area contributed by atoms with Crippen LogP contribution in [0, 0.1) is 20.2 Å². The predicted octanol–water partition coefficient (Wildman–Crippen LogP) is 4.42. The van der Waals surface area contributed by atoms with Gasteiger partial charge in [0.25, 0.3) is 11.4 Å². The monoisotopic (exact) mass is 302 g/mol. The highest BCUT2D eigenvalue weighted by Crippen LogP contribution is 2.33. The third kappa shape index (κ3) is 3.38. The van der Waals surface area contributed by atoms with E-state index in [4.69, 9.17) is 4.74 Å². The molecule has 0 bridgehead atoms. The zero-order valence-corrected chi connectivity index (χ0v) is 12.1. The summed E-state index contributed by atoms with van der Waals surface area (Å²) in [6, 6.07) is 10.0. The summed E-state index contributed by atoms with van der Waals surface area (Å²) in [5.41, 5.74) is 0.674. The van der Waals surface area contributed by atoms with Crippen molar-refractivity contribution in [2.75, 3.05) is 0 Å². The fraction of sp³-hybridized carbons (Fsp3) is 0.200. The topological polar surface area (TPSA) is 95.5 Å². The Kier molecular flexibility index (Phi) is 4.36. The van der Waals surface area contributed by atoms with Crippen LogP contribution in [0.5, 0.6) is 11.5 Å². The molecule has 0 aromatic heterocycles. The van der Waals surface area contributed by atoms with Crippen LogP contribution in [0.4, 0.5) is 11.4 Å². The van der Waals surface area contributed by atoms with Gasteiger partial charge in [0.05, 0.1) is 9.85 Å². The summed E-state index contributed by atoms with van der Waals surface area (Å²) in [5, 5.41) is 21.5. The molecule has 0 unspecified atom stereocenters. The van der Waals surface area contributed by atoms with Gasteiger partial charge in [-0.05, 0) is 24.1 Å². The van der Waals surface area contributed by atoms with Crippen LogP contribution in [-0.2, 0) is 0 Å². The summed E-state index contributed by atoms with van der Waals surface area (Å²) in [6.07, 6.45) is 0. The Bertz CT molecular complexity index is 710. The van der Waals surface area contributed by atoms with Crippen molar-refractivity contribution >= 4 is 11.4 Å². The molecule has 0 radical (unpaired) electrons. The van der Waals surface area contributed by atoms with Gasteiger partial charge < -0.3 is 4.74 Å². The molecular formula is C15H14N2O5. The molecule has 0 aliphatic carbocycles. The van der Waals surface area contributed by atoms with Crippen LogP contribution < -0.4 is 4.74 Å². The number of ether oxygens (including phenoxy) is 1. The summed E-state index contributed by atoms with van der Waals surface area (Å²) in [4.78, 5) is 20.5. The van der Waals surface area contributed by atoms with Crippen molar-refractivity contribution in [2.24, 2.45) is 0 Å². The second kappa shape index (κ2) is 6.21. The highest BCUT2D eigenvalue weighted by atomic mass is 16.6. The van der Waals surface area contributed by atoms with E-state index in [0.717, 1.165) is 0 Å². The SMILES string of the molecule is CC(C)c1cc([N+](=O)[O-])ccc1Oc1ccc([N+](=O)[O-])cc1. The van der Waals surface area contributed by atoms with Gasteiger partial charge in [0, 0.05) is 29.8 Å². The Morgan fingerprint density at radius 3 is 1.95 bits per heavy atom. The van der Waals surface area contributed by atoms with Crippen LogP contribution in [0.3, 0.4) is 0 Å². The van der Waals surface area contributed by atoms with Gasteiger partial charge in [0.15, 0.2) is 0 Å². The van der Waals surface area contributed by atoms with E-state index in [1.807, 2.05) is 13.8 Å². The molecule has 0 heterocycles. The Labute approximate surface area is 126 Å². The molecule has 0 spiro atoms. The van der Waals surface area contributed by atoms with Crippen molar-refractivity contribution < 1.29 is 14.6 Å². The maximum atomic E-state index is 10.8. The van der Waals surface area contributed by atoms with E-state index in [0.29, 0.717) is 17.1 Å². The number of rotatable bonds is 5. The maximum Gasteiger partial charge on any atom is 0.269 e. The Balaban J connectivity index is 2.32. The molecule has 2 rings (SSSR count). The van der Waals surface area contributed by atoms with Gasteiger partial charge in [-0.15, -0.1) is 0 Å². The third-order valence-corrected chi connectivity index (χ3v) is 3.10. The summed E-state index contributed by atoms with van der Waals surface area (Å²) in [6.45, 7) is 3.81. The lowest BCUT2D eigenvalue weighted by Crippen LogP contribution is -1.97. The zero-order chi connectivity index (χ0) is 16.3. The molecule has 0 fully saturated rings. The summed E-state index contributed by atoms with van der Waals surface area (Å²) < 4.78 is 5.70. The second-order valence-electron chi connectivity index (χ2n) is 4.99. The molecule has 0 aliphatic rings. The van der Waals surface area contributed by atoms with E-state index < -0.39 is 9.85 Å². The fourth-order valence-corrected chi connectivity index (χ4v) is 1.96. The first kappa shape index (κ1) is 15.4. The van der Waals surface area contributed by atoms with Gasteiger partial charge >= 0.3 is 0 Å². The Morgan fingerprint density at radius 2 is 1.45 bits per heavy atom. The minimum atomic E-state index is -0.491. The molecule has 2 aromatic carbocycles. The van der Waals surface area contributed by atoms with Gasteiger partial charge in [-0.2, -0.15) is 0 Å². The minimum Gasteiger partial charge on any atom is -0.457 e. The largest absolute Gasteiger partial charge is 0.457 e. The smallest absolute Gasteiger partial charge is 0.269 e. The number of nitro groups is 2. The average molecular weight is 302 g/mol. The molecule has 0 saturated carbocycles. The first-order chi connectivity index (χ1) is 10.4. The lowest BCUT2D eigenvalue weighted by molar-refractivity contribution is -0.385. The van der Waals surface area contributed by atoms with E-state index in [1.165, 1.54) is 42.5 Å².